The number of fused-ring (bicyclic) bond motifs is 3. The highest BCUT2D eigenvalue weighted by Gasteiger charge is 2.47. The number of amides is 1. The zero-order chi connectivity index (χ0) is 18.4. The summed E-state index contributed by atoms with van der Waals surface area (Å²) in [6, 6.07) is 3.44. The molecular weight excluding hydrogens is 318 g/mol. The van der Waals surface area contributed by atoms with Crippen LogP contribution in [0.3, 0.4) is 0 Å². The summed E-state index contributed by atoms with van der Waals surface area (Å²) in [4.78, 5) is 14.0. The highest BCUT2D eigenvalue weighted by Crippen LogP contribution is 2.55. The van der Waals surface area contributed by atoms with E-state index >= 15 is 0 Å². The Labute approximate surface area is 149 Å². The number of aliphatic hydroxyl groups is 1. The van der Waals surface area contributed by atoms with Gasteiger partial charge in [-0.25, -0.2) is 0 Å². The molecule has 0 aromatic heterocycles. The smallest absolute Gasteiger partial charge is 0.257 e. The fraction of sp³-hybridized carbons (Fsp3) is 0.650. The van der Waals surface area contributed by atoms with Crippen LogP contribution >= 0.6 is 0 Å². The molecule has 5 heteroatoms. The molecule has 2 N–H and O–H groups in total. The molecule has 3 rings (SSSR count). The first-order valence-electron chi connectivity index (χ1n) is 9.17. The van der Waals surface area contributed by atoms with Crippen LogP contribution in [0, 0.1) is 11.8 Å². The van der Waals surface area contributed by atoms with E-state index in [0.717, 1.165) is 18.4 Å². The molecule has 1 saturated carbocycles. The third kappa shape index (κ3) is 3.10. The lowest BCUT2D eigenvalue weighted by Crippen LogP contribution is -2.46. The Kier molecular flexibility index (Phi) is 4.71. The number of ether oxygens (including phenoxy) is 1. The van der Waals surface area contributed by atoms with Crippen LogP contribution in [-0.2, 0) is 0 Å². The maximum absolute atomic E-state index is 12.6. The van der Waals surface area contributed by atoms with E-state index in [1.54, 1.807) is 13.1 Å². The van der Waals surface area contributed by atoms with Gasteiger partial charge in [0, 0.05) is 25.1 Å². The van der Waals surface area contributed by atoms with Gasteiger partial charge in [-0.3, -0.25) is 4.79 Å². The lowest BCUT2D eigenvalue weighted by Gasteiger charge is -2.49. The SMILES string of the molecule is C[C@@H]1CC[C@@H]2[C@@H](C1)c1c(ccc(C(=O)N(C)CCO)c1O)OC2(C)C. The van der Waals surface area contributed by atoms with E-state index in [2.05, 4.69) is 20.8 Å². The number of likely N-dealkylation sites (N-methyl/N-ethyl adjacent to an activating group) is 1. The number of hydrogen-bond donors (Lipinski definition) is 2. The van der Waals surface area contributed by atoms with Gasteiger partial charge in [0.05, 0.1) is 12.2 Å². The van der Waals surface area contributed by atoms with Gasteiger partial charge in [0.2, 0.25) is 0 Å². The van der Waals surface area contributed by atoms with Crippen molar-refractivity contribution >= 4 is 5.91 Å². The summed E-state index contributed by atoms with van der Waals surface area (Å²) in [5.41, 5.74) is 0.804. The molecular formula is C20H29NO4. The Morgan fingerprint density at radius 3 is 2.76 bits per heavy atom. The Hall–Kier alpha value is -1.75. The molecule has 2 aliphatic rings. The number of phenolic OH excluding ortho intramolecular Hbond substituents is 1. The summed E-state index contributed by atoms with van der Waals surface area (Å²) in [5.74, 6) is 1.60. The average Bonchev–Trinajstić information content (AvgIpc) is 2.53. The van der Waals surface area contributed by atoms with E-state index in [4.69, 9.17) is 9.84 Å². The van der Waals surface area contributed by atoms with Gasteiger partial charge in [-0.1, -0.05) is 13.3 Å². The van der Waals surface area contributed by atoms with Crippen molar-refractivity contribution in [2.75, 3.05) is 20.2 Å². The maximum atomic E-state index is 12.6. The molecule has 3 atom stereocenters. The Balaban J connectivity index is 2.05. The fourth-order valence-electron chi connectivity index (χ4n) is 4.56. The van der Waals surface area contributed by atoms with Gasteiger partial charge in [-0.15, -0.1) is 0 Å². The number of benzene rings is 1. The van der Waals surface area contributed by atoms with Gasteiger partial charge in [-0.2, -0.15) is 0 Å². The third-order valence-electron chi connectivity index (χ3n) is 5.94. The normalized spacial score (nSPS) is 27.0. The van der Waals surface area contributed by atoms with E-state index in [1.165, 1.54) is 11.3 Å². The molecule has 1 heterocycles. The predicted molar refractivity (Wildman–Crippen MR) is 96.1 cm³/mol. The van der Waals surface area contributed by atoms with E-state index in [1.807, 2.05) is 6.07 Å². The molecule has 1 fully saturated rings. The zero-order valence-electron chi connectivity index (χ0n) is 15.6. The lowest BCUT2D eigenvalue weighted by atomic mass is 9.64. The number of carbonyl (C=O) groups is 1. The molecule has 0 spiro atoms. The standard InChI is InChI=1S/C20H29NO4/c1-12-5-7-15-14(11-12)17-16(25-20(15,2)3)8-6-13(18(17)23)19(24)21(4)9-10-22/h6,8,12,14-15,22-23H,5,7,9-11H2,1-4H3/t12-,14-,15-/m1/s1. The van der Waals surface area contributed by atoms with Crippen LogP contribution in [0.4, 0.5) is 0 Å². The Bertz CT molecular complexity index is 670. The van der Waals surface area contributed by atoms with Crippen LogP contribution in [0.1, 0.15) is 61.9 Å². The fourth-order valence-corrected chi connectivity index (χ4v) is 4.56. The van der Waals surface area contributed by atoms with Gasteiger partial charge in [0.1, 0.15) is 17.1 Å². The minimum atomic E-state index is -0.278. The van der Waals surface area contributed by atoms with Crippen molar-refractivity contribution in [2.24, 2.45) is 11.8 Å². The second kappa shape index (κ2) is 6.52. The summed E-state index contributed by atoms with van der Waals surface area (Å²) >= 11 is 0. The first-order valence-corrected chi connectivity index (χ1v) is 9.17. The van der Waals surface area contributed by atoms with E-state index in [-0.39, 0.29) is 41.9 Å². The lowest BCUT2D eigenvalue weighted by molar-refractivity contribution is -0.0145. The second-order valence-electron chi connectivity index (χ2n) is 8.16. The topological polar surface area (TPSA) is 70.0 Å². The zero-order valence-corrected chi connectivity index (χ0v) is 15.6. The first kappa shape index (κ1) is 18.1. The number of rotatable bonds is 3. The van der Waals surface area contributed by atoms with Crippen LogP contribution in [0.15, 0.2) is 12.1 Å². The molecule has 1 amide bonds. The predicted octanol–water partition coefficient (Wildman–Crippen LogP) is 3.15. The third-order valence-corrected chi connectivity index (χ3v) is 5.94. The highest BCUT2D eigenvalue weighted by molar-refractivity contribution is 5.97. The van der Waals surface area contributed by atoms with Gasteiger partial charge < -0.3 is 19.8 Å². The molecule has 1 aliphatic heterocycles. The molecule has 138 valence electrons. The number of carbonyl (C=O) groups excluding carboxylic acids is 1. The van der Waals surface area contributed by atoms with Gasteiger partial charge in [0.15, 0.2) is 0 Å². The van der Waals surface area contributed by atoms with Gasteiger partial charge in [-0.05, 0) is 50.7 Å². The molecule has 0 saturated heterocycles. The molecule has 5 nitrogen and oxygen atoms in total. The average molecular weight is 347 g/mol. The summed E-state index contributed by atoms with van der Waals surface area (Å²) in [6.45, 7) is 6.62. The summed E-state index contributed by atoms with van der Waals surface area (Å²) in [6.07, 6.45) is 3.24. The van der Waals surface area contributed by atoms with E-state index < -0.39 is 0 Å². The monoisotopic (exact) mass is 347 g/mol. The van der Waals surface area contributed by atoms with Crippen molar-refractivity contribution < 1.29 is 19.7 Å². The quantitative estimate of drug-likeness (QED) is 0.881. The summed E-state index contributed by atoms with van der Waals surface area (Å²) < 4.78 is 6.22. The van der Waals surface area contributed by atoms with Gasteiger partial charge in [0.25, 0.3) is 5.91 Å². The van der Waals surface area contributed by atoms with Crippen molar-refractivity contribution in [1.82, 2.24) is 4.90 Å². The molecule has 1 aliphatic carbocycles. The number of aliphatic hydroxyl groups excluding tert-OH is 1. The Morgan fingerprint density at radius 2 is 2.08 bits per heavy atom. The summed E-state index contributed by atoms with van der Waals surface area (Å²) in [5, 5.41) is 20.0. The number of nitrogens with zero attached hydrogens (tertiary/aromatic N) is 1. The number of phenols is 1. The van der Waals surface area contributed by atoms with Crippen molar-refractivity contribution in [3.05, 3.63) is 23.3 Å². The number of hydrogen-bond acceptors (Lipinski definition) is 4. The molecule has 0 bridgehead atoms. The van der Waals surface area contributed by atoms with Gasteiger partial charge >= 0.3 is 0 Å². The maximum Gasteiger partial charge on any atom is 0.257 e. The van der Waals surface area contributed by atoms with Crippen molar-refractivity contribution in [1.29, 1.82) is 0 Å². The van der Waals surface area contributed by atoms with Crippen molar-refractivity contribution in [3.63, 3.8) is 0 Å². The van der Waals surface area contributed by atoms with E-state index in [9.17, 15) is 9.90 Å². The number of aromatic hydroxyl groups is 1. The van der Waals surface area contributed by atoms with Crippen LogP contribution in [0.25, 0.3) is 0 Å². The van der Waals surface area contributed by atoms with Crippen molar-refractivity contribution in [2.45, 2.75) is 51.6 Å². The molecule has 1 aromatic carbocycles. The van der Waals surface area contributed by atoms with Crippen molar-refractivity contribution in [3.8, 4) is 11.5 Å². The van der Waals surface area contributed by atoms with Crippen LogP contribution in [0.2, 0.25) is 0 Å². The molecule has 0 radical (unpaired) electrons. The van der Waals surface area contributed by atoms with Crippen LogP contribution < -0.4 is 4.74 Å². The second-order valence-corrected chi connectivity index (χ2v) is 8.16. The summed E-state index contributed by atoms with van der Waals surface area (Å²) in [7, 11) is 1.63. The minimum Gasteiger partial charge on any atom is -0.507 e. The van der Waals surface area contributed by atoms with Crippen LogP contribution in [0.5, 0.6) is 11.5 Å². The Morgan fingerprint density at radius 1 is 1.36 bits per heavy atom. The van der Waals surface area contributed by atoms with E-state index in [0.29, 0.717) is 17.6 Å². The largest absolute Gasteiger partial charge is 0.507 e. The molecule has 0 unspecified atom stereocenters. The first-order chi connectivity index (χ1) is 11.8. The highest BCUT2D eigenvalue weighted by atomic mass is 16.5. The molecule has 1 aromatic rings. The van der Waals surface area contributed by atoms with Crippen LogP contribution in [-0.4, -0.2) is 46.8 Å². The minimum absolute atomic E-state index is 0.0480. The molecule has 25 heavy (non-hydrogen) atoms.